The third-order valence-corrected chi connectivity index (χ3v) is 11.2. The zero-order valence-corrected chi connectivity index (χ0v) is 30.0. The van der Waals surface area contributed by atoms with Gasteiger partial charge in [-0.05, 0) is 45.3 Å². The molecule has 5 heteroatoms. The van der Waals surface area contributed by atoms with Crippen LogP contribution in [0.3, 0.4) is 0 Å². The van der Waals surface area contributed by atoms with Gasteiger partial charge in [-0.3, -0.25) is 0 Å². The van der Waals surface area contributed by atoms with Crippen molar-refractivity contribution < 1.29 is 4.74 Å². The number of nitriles is 1. The Morgan fingerprint density at radius 1 is 0.429 bits per heavy atom. The zero-order chi connectivity index (χ0) is 37.2. The fourth-order valence-electron chi connectivity index (χ4n) is 8.83. The van der Waals surface area contributed by atoms with Gasteiger partial charge in [-0.25, -0.2) is 15.0 Å². The Kier molecular flexibility index (Phi) is 7.07. The van der Waals surface area contributed by atoms with E-state index in [2.05, 4.69) is 115 Å². The van der Waals surface area contributed by atoms with E-state index in [1.54, 1.807) is 0 Å². The summed E-state index contributed by atoms with van der Waals surface area (Å²) in [6.07, 6.45) is 0. The van der Waals surface area contributed by atoms with Crippen LogP contribution in [-0.4, -0.2) is 15.0 Å². The van der Waals surface area contributed by atoms with Crippen molar-refractivity contribution in [2.45, 2.75) is 5.41 Å². The standard InChI is InChI=1S/C51H30N4O/c52-31-36-30-44-46(39-19-8-7-18-37(36)39)40-20-9-10-22-41(40)51(44)42-23-11-12-25-45(42)56-47-38(21-13-24-43(47)51)32-26-28-35(29-27-32)50-54-48(33-14-3-1-4-15-33)53-49(55-50)34-16-5-2-6-17-34/h1-30H. The maximum absolute atomic E-state index is 10.5. The average molecular weight is 715 g/mol. The topological polar surface area (TPSA) is 71.7 Å². The predicted molar refractivity (Wildman–Crippen MR) is 221 cm³/mol. The second-order valence-corrected chi connectivity index (χ2v) is 14.2. The van der Waals surface area contributed by atoms with Crippen LogP contribution in [0, 0.1) is 11.3 Å². The third kappa shape index (κ3) is 4.63. The average Bonchev–Trinajstić information content (AvgIpc) is 3.57. The second-order valence-electron chi connectivity index (χ2n) is 14.2. The summed E-state index contributed by atoms with van der Waals surface area (Å²) in [4.78, 5) is 14.8. The molecule has 0 radical (unpaired) electrons. The van der Waals surface area contributed by atoms with Crippen LogP contribution >= 0.6 is 0 Å². The normalized spacial score (nSPS) is 14.6. The molecule has 1 unspecified atom stereocenters. The number of fused-ring (bicyclic) bond motifs is 11. The molecule has 260 valence electrons. The predicted octanol–water partition coefficient (Wildman–Crippen LogP) is 12.0. The first-order chi connectivity index (χ1) is 27.7. The van der Waals surface area contributed by atoms with Crippen LogP contribution < -0.4 is 4.74 Å². The van der Waals surface area contributed by atoms with E-state index in [1.165, 1.54) is 11.1 Å². The molecular formula is C51H30N4O. The number of hydrogen-bond donors (Lipinski definition) is 0. The van der Waals surface area contributed by atoms with E-state index in [1.807, 2.05) is 72.8 Å². The Balaban J connectivity index is 1.10. The van der Waals surface area contributed by atoms with Gasteiger partial charge in [0.15, 0.2) is 17.5 Å². The Morgan fingerprint density at radius 2 is 0.946 bits per heavy atom. The van der Waals surface area contributed by atoms with Gasteiger partial charge < -0.3 is 4.74 Å². The summed E-state index contributed by atoms with van der Waals surface area (Å²) in [5.74, 6) is 3.44. The third-order valence-electron chi connectivity index (χ3n) is 11.2. The highest BCUT2D eigenvalue weighted by Crippen LogP contribution is 2.64. The highest BCUT2D eigenvalue weighted by molar-refractivity contribution is 6.07. The van der Waals surface area contributed by atoms with Crippen molar-refractivity contribution in [3.8, 4) is 74.0 Å². The number of hydrogen-bond acceptors (Lipinski definition) is 5. The van der Waals surface area contributed by atoms with Gasteiger partial charge in [0.05, 0.1) is 17.0 Å². The molecular weight excluding hydrogens is 685 g/mol. The van der Waals surface area contributed by atoms with Crippen molar-refractivity contribution in [2.24, 2.45) is 0 Å². The van der Waals surface area contributed by atoms with E-state index in [4.69, 9.17) is 19.7 Å². The van der Waals surface area contributed by atoms with Crippen LogP contribution in [0.5, 0.6) is 11.5 Å². The molecule has 1 aliphatic carbocycles. The highest BCUT2D eigenvalue weighted by Gasteiger charge is 2.52. The summed E-state index contributed by atoms with van der Waals surface area (Å²) in [5, 5.41) is 12.6. The van der Waals surface area contributed by atoms with E-state index in [9.17, 15) is 5.26 Å². The molecule has 0 fully saturated rings. The SMILES string of the molecule is N#Cc1cc2c(c3ccccc13)-c1ccccc1C21c2ccccc2Oc2c(-c3ccc(-c4nc(-c5ccccc5)nc(-c5ccccc5)n4)cc3)cccc21. The minimum Gasteiger partial charge on any atom is -0.456 e. The van der Waals surface area contributed by atoms with E-state index < -0.39 is 5.41 Å². The monoisotopic (exact) mass is 714 g/mol. The van der Waals surface area contributed by atoms with Crippen molar-refractivity contribution >= 4 is 10.8 Å². The molecule has 1 atom stereocenters. The Hall–Kier alpha value is -7.68. The van der Waals surface area contributed by atoms with Crippen LogP contribution in [0.25, 0.3) is 67.2 Å². The van der Waals surface area contributed by atoms with Crippen LogP contribution in [0.4, 0.5) is 0 Å². The molecule has 2 aliphatic rings. The first kappa shape index (κ1) is 31.8. The largest absolute Gasteiger partial charge is 0.456 e. The van der Waals surface area contributed by atoms with Crippen LogP contribution in [-0.2, 0) is 5.41 Å². The van der Waals surface area contributed by atoms with Crippen LogP contribution in [0.2, 0.25) is 0 Å². The first-order valence-electron chi connectivity index (χ1n) is 18.7. The van der Waals surface area contributed by atoms with Gasteiger partial charge in [0.25, 0.3) is 0 Å². The first-order valence-corrected chi connectivity index (χ1v) is 18.7. The van der Waals surface area contributed by atoms with Gasteiger partial charge in [-0.2, -0.15) is 5.26 Å². The smallest absolute Gasteiger partial charge is 0.164 e. The lowest BCUT2D eigenvalue weighted by Gasteiger charge is -2.40. The van der Waals surface area contributed by atoms with Gasteiger partial charge in [-0.15, -0.1) is 0 Å². The van der Waals surface area contributed by atoms with Crippen LogP contribution in [0.1, 0.15) is 27.8 Å². The number of rotatable bonds is 4. The molecule has 8 aromatic carbocycles. The Bertz CT molecular complexity index is 3000. The zero-order valence-electron chi connectivity index (χ0n) is 30.0. The van der Waals surface area contributed by atoms with Gasteiger partial charge in [-0.1, -0.05) is 170 Å². The molecule has 0 amide bonds. The number of ether oxygens (including phenoxy) is 1. The summed E-state index contributed by atoms with van der Waals surface area (Å²) in [6.45, 7) is 0. The molecule has 56 heavy (non-hydrogen) atoms. The molecule has 5 nitrogen and oxygen atoms in total. The molecule has 0 saturated heterocycles. The number of para-hydroxylation sites is 2. The van der Waals surface area contributed by atoms with Gasteiger partial charge >= 0.3 is 0 Å². The fourth-order valence-corrected chi connectivity index (χ4v) is 8.83. The molecule has 0 bridgehead atoms. The minimum absolute atomic E-state index is 0.600. The van der Waals surface area contributed by atoms with Crippen molar-refractivity contribution in [3.63, 3.8) is 0 Å². The number of benzene rings is 8. The lowest BCUT2D eigenvalue weighted by molar-refractivity contribution is 0.438. The summed E-state index contributed by atoms with van der Waals surface area (Å²) in [7, 11) is 0. The molecule has 0 saturated carbocycles. The van der Waals surface area contributed by atoms with E-state index >= 15 is 0 Å². The number of nitrogens with zero attached hydrogens (tertiary/aromatic N) is 4. The van der Waals surface area contributed by atoms with Crippen molar-refractivity contribution in [3.05, 3.63) is 210 Å². The molecule has 9 aromatic rings. The maximum atomic E-state index is 10.5. The lowest BCUT2D eigenvalue weighted by Crippen LogP contribution is -2.32. The second kappa shape index (κ2) is 12.4. The highest BCUT2D eigenvalue weighted by atomic mass is 16.5. The van der Waals surface area contributed by atoms with Crippen LogP contribution in [0.15, 0.2) is 182 Å². The lowest BCUT2D eigenvalue weighted by atomic mass is 9.65. The minimum atomic E-state index is -0.714. The van der Waals surface area contributed by atoms with E-state index in [0.717, 1.165) is 72.3 Å². The summed E-state index contributed by atoms with van der Waals surface area (Å²) in [6, 6.07) is 64.8. The fraction of sp³-hybridized carbons (Fsp3) is 0.0196. The van der Waals surface area contributed by atoms with E-state index in [0.29, 0.717) is 23.0 Å². The quantitative estimate of drug-likeness (QED) is 0.181. The molecule has 0 N–H and O–H groups in total. The molecule has 2 heterocycles. The van der Waals surface area contributed by atoms with Gasteiger partial charge in [0.2, 0.25) is 0 Å². The molecule has 1 spiro atoms. The van der Waals surface area contributed by atoms with Crippen molar-refractivity contribution in [1.82, 2.24) is 15.0 Å². The van der Waals surface area contributed by atoms with Crippen molar-refractivity contribution in [2.75, 3.05) is 0 Å². The Labute approximate surface area is 323 Å². The molecule has 11 rings (SSSR count). The maximum Gasteiger partial charge on any atom is 0.164 e. The molecule has 1 aliphatic heterocycles. The summed E-state index contributed by atoms with van der Waals surface area (Å²) >= 11 is 0. The summed E-state index contributed by atoms with van der Waals surface area (Å²) < 4.78 is 6.97. The summed E-state index contributed by atoms with van der Waals surface area (Å²) in [5.41, 5.74) is 11.4. The number of aromatic nitrogens is 3. The van der Waals surface area contributed by atoms with Gasteiger partial charge in [0.1, 0.15) is 11.5 Å². The molecule has 1 aromatic heterocycles. The van der Waals surface area contributed by atoms with E-state index in [-0.39, 0.29) is 0 Å². The Morgan fingerprint density at radius 3 is 1.62 bits per heavy atom. The van der Waals surface area contributed by atoms with Gasteiger partial charge in [0, 0.05) is 38.8 Å². The van der Waals surface area contributed by atoms with Crippen molar-refractivity contribution in [1.29, 1.82) is 5.26 Å².